The number of benzene rings is 2. The van der Waals surface area contributed by atoms with Crippen LogP contribution in [0.1, 0.15) is 5.56 Å². The molecular formula is C14H13BrO3S. The normalized spacial score (nSPS) is 11.3. The summed E-state index contributed by atoms with van der Waals surface area (Å²) in [6.07, 6.45) is 1.22. The van der Waals surface area contributed by atoms with Crippen molar-refractivity contribution in [2.75, 3.05) is 6.26 Å². The Balaban J connectivity index is 2.20. The average molecular weight is 341 g/mol. The summed E-state index contributed by atoms with van der Waals surface area (Å²) in [6, 6.07) is 14.7. The molecule has 0 heterocycles. The van der Waals surface area contributed by atoms with Crippen LogP contribution < -0.4 is 4.74 Å². The molecule has 0 amide bonds. The van der Waals surface area contributed by atoms with Crippen LogP contribution >= 0.6 is 15.9 Å². The SMILES string of the molecule is CS(=O)(=O)Cc1ccc(Oc2ccccc2)c(Br)c1. The van der Waals surface area contributed by atoms with E-state index in [2.05, 4.69) is 15.9 Å². The molecule has 0 aromatic heterocycles. The van der Waals surface area contributed by atoms with Crippen molar-refractivity contribution in [1.29, 1.82) is 0 Å². The van der Waals surface area contributed by atoms with E-state index in [1.54, 1.807) is 18.2 Å². The van der Waals surface area contributed by atoms with E-state index in [-0.39, 0.29) is 5.75 Å². The van der Waals surface area contributed by atoms with Crippen molar-refractivity contribution in [1.82, 2.24) is 0 Å². The van der Waals surface area contributed by atoms with Crippen LogP contribution in [0.2, 0.25) is 0 Å². The van der Waals surface area contributed by atoms with Gasteiger partial charge in [-0.05, 0) is 45.8 Å². The Bertz CT molecular complexity index is 666. The van der Waals surface area contributed by atoms with Crippen LogP contribution in [-0.4, -0.2) is 14.7 Å². The highest BCUT2D eigenvalue weighted by atomic mass is 79.9. The fraction of sp³-hybridized carbons (Fsp3) is 0.143. The van der Waals surface area contributed by atoms with Crippen LogP contribution in [0.5, 0.6) is 11.5 Å². The molecule has 0 aliphatic carbocycles. The lowest BCUT2D eigenvalue weighted by molar-refractivity contribution is 0.479. The predicted molar refractivity (Wildman–Crippen MR) is 79.2 cm³/mol. The Morgan fingerprint density at radius 1 is 1.11 bits per heavy atom. The Hall–Kier alpha value is -1.33. The van der Waals surface area contributed by atoms with E-state index >= 15 is 0 Å². The fourth-order valence-electron chi connectivity index (χ4n) is 1.64. The van der Waals surface area contributed by atoms with Gasteiger partial charge in [-0.25, -0.2) is 8.42 Å². The second-order valence-corrected chi connectivity index (χ2v) is 7.24. The third kappa shape index (κ3) is 4.36. The predicted octanol–water partition coefficient (Wildman–Crippen LogP) is 3.79. The molecule has 0 aliphatic heterocycles. The van der Waals surface area contributed by atoms with E-state index in [4.69, 9.17) is 4.74 Å². The van der Waals surface area contributed by atoms with Crippen molar-refractivity contribution in [3.63, 3.8) is 0 Å². The minimum atomic E-state index is -3.03. The number of rotatable bonds is 4. The first-order valence-electron chi connectivity index (χ1n) is 5.63. The lowest BCUT2D eigenvalue weighted by Gasteiger charge is -2.09. The molecule has 2 aromatic rings. The Morgan fingerprint density at radius 2 is 1.79 bits per heavy atom. The standard InChI is InChI=1S/C14H13BrO3S/c1-19(16,17)10-11-7-8-14(13(15)9-11)18-12-5-3-2-4-6-12/h2-9H,10H2,1H3. The number of ether oxygens (including phenoxy) is 1. The maximum absolute atomic E-state index is 11.2. The van der Waals surface area contributed by atoms with Crippen LogP contribution in [0.4, 0.5) is 0 Å². The van der Waals surface area contributed by atoms with Crippen molar-refractivity contribution >= 4 is 25.8 Å². The van der Waals surface area contributed by atoms with Gasteiger partial charge in [0.05, 0.1) is 10.2 Å². The van der Waals surface area contributed by atoms with Crippen molar-refractivity contribution in [2.24, 2.45) is 0 Å². The molecule has 0 atom stereocenters. The lowest BCUT2D eigenvalue weighted by atomic mass is 10.2. The number of para-hydroxylation sites is 1. The molecule has 0 fully saturated rings. The summed E-state index contributed by atoms with van der Waals surface area (Å²) in [5, 5.41) is 0. The van der Waals surface area contributed by atoms with Gasteiger partial charge in [-0.3, -0.25) is 0 Å². The van der Waals surface area contributed by atoms with Crippen LogP contribution in [0, 0.1) is 0 Å². The summed E-state index contributed by atoms with van der Waals surface area (Å²) < 4.78 is 28.9. The molecule has 5 heteroatoms. The molecule has 0 aliphatic rings. The smallest absolute Gasteiger partial charge is 0.151 e. The number of hydrogen-bond acceptors (Lipinski definition) is 3. The summed E-state index contributed by atoms with van der Waals surface area (Å²) in [6.45, 7) is 0. The van der Waals surface area contributed by atoms with Gasteiger partial charge >= 0.3 is 0 Å². The second-order valence-electron chi connectivity index (χ2n) is 4.25. The summed E-state index contributed by atoms with van der Waals surface area (Å²) in [5.74, 6) is 1.42. The zero-order valence-corrected chi connectivity index (χ0v) is 12.7. The first kappa shape index (κ1) is 14.1. The first-order chi connectivity index (χ1) is 8.94. The topological polar surface area (TPSA) is 43.4 Å². The van der Waals surface area contributed by atoms with E-state index in [1.165, 1.54) is 6.26 Å². The summed E-state index contributed by atoms with van der Waals surface area (Å²) in [5.41, 5.74) is 0.731. The third-order valence-corrected chi connectivity index (χ3v) is 3.87. The Kier molecular flexibility index (Phi) is 4.27. The molecule has 0 spiro atoms. The van der Waals surface area contributed by atoms with Gasteiger partial charge in [0.1, 0.15) is 11.5 Å². The maximum atomic E-state index is 11.2. The largest absolute Gasteiger partial charge is 0.456 e. The average Bonchev–Trinajstić information content (AvgIpc) is 2.32. The molecule has 0 saturated carbocycles. The van der Waals surface area contributed by atoms with Crippen molar-refractivity contribution in [2.45, 2.75) is 5.75 Å². The molecule has 3 nitrogen and oxygen atoms in total. The van der Waals surface area contributed by atoms with E-state index < -0.39 is 9.84 Å². The fourth-order valence-corrected chi connectivity index (χ4v) is 2.93. The molecule has 0 N–H and O–H groups in total. The summed E-state index contributed by atoms with van der Waals surface area (Å²) in [4.78, 5) is 0. The molecular weight excluding hydrogens is 328 g/mol. The molecule has 2 rings (SSSR count). The second kappa shape index (κ2) is 5.75. The van der Waals surface area contributed by atoms with E-state index in [0.717, 1.165) is 15.8 Å². The molecule has 100 valence electrons. The highest BCUT2D eigenvalue weighted by Gasteiger charge is 2.08. The maximum Gasteiger partial charge on any atom is 0.151 e. The number of halogens is 1. The minimum absolute atomic E-state index is 0.0250. The lowest BCUT2D eigenvalue weighted by Crippen LogP contribution is -2.00. The molecule has 2 aromatic carbocycles. The molecule has 19 heavy (non-hydrogen) atoms. The quantitative estimate of drug-likeness (QED) is 0.850. The van der Waals surface area contributed by atoms with E-state index in [1.807, 2.05) is 30.3 Å². The molecule has 0 bridgehead atoms. The Labute approximate surface area is 121 Å². The van der Waals surface area contributed by atoms with Crippen LogP contribution in [0.3, 0.4) is 0 Å². The van der Waals surface area contributed by atoms with E-state index in [0.29, 0.717) is 5.75 Å². The van der Waals surface area contributed by atoms with Gasteiger partial charge in [-0.15, -0.1) is 0 Å². The number of sulfone groups is 1. The van der Waals surface area contributed by atoms with Crippen LogP contribution in [0.25, 0.3) is 0 Å². The molecule has 0 unspecified atom stereocenters. The van der Waals surface area contributed by atoms with Gasteiger partial charge in [0, 0.05) is 6.26 Å². The van der Waals surface area contributed by atoms with Crippen molar-refractivity contribution in [3.8, 4) is 11.5 Å². The van der Waals surface area contributed by atoms with Gasteiger partial charge < -0.3 is 4.74 Å². The summed E-state index contributed by atoms with van der Waals surface area (Å²) in [7, 11) is -3.03. The van der Waals surface area contributed by atoms with Crippen molar-refractivity contribution < 1.29 is 13.2 Å². The zero-order valence-electron chi connectivity index (χ0n) is 10.3. The van der Waals surface area contributed by atoms with Crippen molar-refractivity contribution in [3.05, 3.63) is 58.6 Å². The van der Waals surface area contributed by atoms with Crippen LogP contribution in [0.15, 0.2) is 53.0 Å². The number of hydrogen-bond donors (Lipinski definition) is 0. The van der Waals surface area contributed by atoms with Crippen LogP contribution in [-0.2, 0) is 15.6 Å². The first-order valence-corrected chi connectivity index (χ1v) is 8.48. The van der Waals surface area contributed by atoms with Gasteiger partial charge in [-0.1, -0.05) is 24.3 Å². The minimum Gasteiger partial charge on any atom is -0.456 e. The van der Waals surface area contributed by atoms with Gasteiger partial charge in [-0.2, -0.15) is 0 Å². The van der Waals surface area contributed by atoms with E-state index in [9.17, 15) is 8.42 Å². The van der Waals surface area contributed by atoms with Gasteiger partial charge in [0.2, 0.25) is 0 Å². The third-order valence-electron chi connectivity index (χ3n) is 2.40. The highest BCUT2D eigenvalue weighted by Crippen LogP contribution is 2.30. The Morgan fingerprint density at radius 3 is 2.37 bits per heavy atom. The van der Waals surface area contributed by atoms with Gasteiger partial charge in [0.25, 0.3) is 0 Å². The highest BCUT2D eigenvalue weighted by molar-refractivity contribution is 9.10. The zero-order chi connectivity index (χ0) is 13.9. The molecule has 0 saturated heterocycles. The molecule has 0 radical (unpaired) electrons. The summed E-state index contributed by atoms with van der Waals surface area (Å²) >= 11 is 3.39. The monoisotopic (exact) mass is 340 g/mol. The van der Waals surface area contributed by atoms with Gasteiger partial charge in [0.15, 0.2) is 9.84 Å².